The highest BCUT2D eigenvalue weighted by molar-refractivity contribution is 4.93. The average molecular weight is 172 g/mol. The van der Waals surface area contributed by atoms with Gasteiger partial charge in [-0.3, -0.25) is 0 Å². The van der Waals surface area contributed by atoms with Crippen LogP contribution in [0.15, 0.2) is 12.7 Å². The van der Waals surface area contributed by atoms with E-state index in [1.54, 1.807) is 13.2 Å². The molecule has 1 unspecified atom stereocenters. The van der Waals surface area contributed by atoms with Gasteiger partial charge in [0.1, 0.15) is 12.2 Å². The van der Waals surface area contributed by atoms with Crippen LogP contribution in [-0.2, 0) is 14.2 Å². The minimum Gasteiger partial charge on any atom is -0.382 e. The maximum absolute atomic E-state index is 5.60. The molecule has 0 aromatic carbocycles. The predicted molar refractivity (Wildman–Crippen MR) is 46.1 cm³/mol. The molecule has 1 aliphatic heterocycles. The number of hydrogen-bond donors (Lipinski definition) is 0. The molecular weight excluding hydrogens is 156 g/mol. The smallest absolute Gasteiger partial charge is 0.111 e. The fourth-order valence-corrected chi connectivity index (χ4v) is 1.08. The van der Waals surface area contributed by atoms with Gasteiger partial charge in [-0.1, -0.05) is 6.08 Å². The van der Waals surface area contributed by atoms with Crippen molar-refractivity contribution in [1.29, 1.82) is 0 Å². The molecule has 1 aliphatic rings. The lowest BCUT2D eigenvalue weighted by atomic mass is 10.2. The van der Waals surface area contributed by atoms with E-state index in [-0.39, 0.29) is 18.3 Å². The molecule has 0 N–H and O–H groups in total. The molecule has 0 radical (unpaired) electrons. The first kappa shape index (κ1) is 9.71. The van der Waals surface area contributed by atoms with Gasteiger partial charge in [0.25, 0.3) is 0 Å². The summed E-state index contributed by atoms with van der Waals surface area (Å²) >= 11 is 0. The number of rotatable bonds is 6. The summed E-state index contributed by atoms with van der Waals surface area (Å²) in [6.45, 7) is 7.06. The second-order valence-electron chi connectivity index (χ2n) is 2.97. The predicted octanol–water partition coefficient (Wildman–Crippen LogP) is 0.991. The van der Waals surface area contributed by atoms with E-state index >= 15 is 0 Å². The molecule has 0 saturated carbocycles. The Morgan fingerprint density at radius 3 is 2.83 bits per heavy atom. The van der Waals surface area contributed by atoms with Gasteiger partial charge in [0.05, 0.1) is 19.3 Å². The standard InChI is InChI=1S/C9H16O3/c1-4-8(9-6-11-9)12-7(2)5-10-3/h4,7-9H,1,5-6H2,2-3H3/t7?,8-,9+/m1/s1. The number of epoxide rings is 1. The van der Waals surface area contributed by atoms with Crippen LogP contribution in [0.4, 0.5) is 0 Å². The van der Waals surface area contributed by atoms with Gasteiger partial charge in [-0.15, -0.1) is 6.58 Å². The molecule has 0 amide bonds. The lowest BCUT2D eigenvalue weighted by Crippen LogP contribution is -2.25. The van der Waals surface area contributed by atoms with Crippen molar-refractivity contribution in [3.63, 3.8) is 0 Å². The largest absolute Gasteiger partial charge is 0.382 e. The van der Waals surface area contributed by atoms with Crippen molar-refractivity contribution in [3.8, 4) is 0 Å². The summed E-state index contributed by atoms with van der Waals surface area (Å²) in [5, 5.41) is 0. The summed E-state index contributed by atoms with van der Waals surface area (Å²) in [5.41, 5.74) is 0. The molecule has 1 fully saturated rings. The van der Waals surface area contributed by atoms with Gasteiger partial charge < -0.3 is 14.2 Å². The Balaban J connectivity index is 2.21. The van der Waals surface area contributed by atoms with E-state index in [4.69, 9.17) is 14.2 Å². The Morgan fingerprint density at radius 2 is 2.42 bits per heavy atom. The number of ether oxygens (including phenoxy) is 3. The number of hydrogen-bond acceptors (Lipinski definition) is 3. The van der Waals surface area contributed by atoms with Crippen LogP contribution in [0.2, 0.25) is 0 Å². The maximum atomic E-state index is 5.60. The molecular formula is C9H16O3. The second kappa shape index (κ2) is 4.60. The Kier molecular flexibility index (Phi) is 3.72. The third kappa shape index (κ3) is 2.93. The molecule has 3 nitrogen and oxygen atoms in total. The fraction of sp³-hybridized carbons (Fsp3) is 0.778. The summed E-state index contributed by atoms with van der Waals surface area (Å²) in [6, 6.07) is 0. The molecule has 1 saturated heterocycles. The first-order valence-electron chi connectivity index (χ1n) is 4.16. The van der Waals surface area contributed by atoms with Crippen molar-refractivity contribution in [3.05, 3.63) is 12.7 Å². The summed E-state index contributed by atoms with van der Waals surface area (Å²) < 4.78 is 15.6. The minimum atomic E-state index is 0.0233. The molecule has 0 spiro atoms. The van der Waals surface area contributed by atoms with Crippen molar-refractivity contribution in [1.82, 2.24) is 0 Å². The van der Waals surface area contributed by atoms with Gasteiger partial charge in [0, 0.05) is 7.11 Å². The van der Waals surface area contributed by atoms with Crippen LogP contribution in [-0.4, -0.2) is 38.6 Å². The van der Waals surface area contributed by atoms with Gasteiger partial charge in [-0.2, -0.15) is 0 Å². The maximum Gasteiger partial charge on any atom is 0.111 e. The van der Waals surface area contributed by atoms with Gasteiger partial charge in [-0.25, -0.2) is 0 Å². The SMILES string of the molecule is C=C[C@@H](OC(C)COC)[C@@H]1CO1. The monoisotopic (exact) mass is 172 g/mol. The summed E-state index contributed by atoms with van der Waals surface area (Å²) in [4.78, 5) is 0. The summed E-state index contributed by atoms with van der Waals surface area (Å²) in [7, 11) is 1.66. The van der Waals surface area contributed by atoms with E-state index in [0.29, 0.717) is 6.61 Å². The quantitative estimate of drug-likeness (QED) is 0.442. The third-order valence-corrected chi connectivity index (χ3v) is 1.75. The lowest BCUT2D eigenvalue weighted by molar-refractivity contribution is -0.0284. The highest BCUT2D eigenvalue weighted by Crippen LogP contribution is 2.18. The Bertz CT molecular complexity index is 143. The van der Waals surface area contributed by atoms with Crippen LogP contribution in [0.3, 0.4) is 0 Å². The zero-order valence-corrected chi connectivity index (χ0v) is 7.66. The van der Waals surface area contributed by atoms with Crippen molar-refractivity contribution in [2.75, 3.05) is 20.3 Å². The van der Waals surface area contributed by atoms with Crippen molar-refractivity contribution < 1.29 is 14.2 Å². The van der Waals surface area contributed by atoms with Crippen molar-refractivity contribution in [2.24, 2.45) is 0 Å². The van der Waals surface area contributed by atoms with Gasteiger partial charge in [0.2, 0.25) is 0 Å². The van der Waals surface area contributed by atoms with Gasteiger partial charge in [-0.05, 0) is 6.92 Å². The normalized spacial score (nSPS) is 26.3. The molecule has 3 atom stereocenters. The Labute approximate surface area is 73.3 Å². The van der Waals surface area contributed by atoms with Crippen molar-refractivity contribution >= 4 is 0 Å². The van der Waals surface area contributed by atoms with Crippen LogP contribution in [0.1, 0.15) is 6.92 Å². The van der Waals surface area contributed by atoms with Crippen LogP contribution in [0, 0.1) is 0 Å². The summed E-state index contributed by atoms with van der Waals surface area (Å²) in [5.74, 6) is 0. The topological polar surface area (TPSA) is 31.0 Å². The minimum absolute atomic E-state index is 0.0233. The van der Waals surface area contributed by atoms with E-state index in [2.05, 4.69) is 6.58 Å². The molecule has 70 valence electrons. The molecule has 1 rings (SSSR count). The zero-order chi connectivity index (χ0) is 8.97. The first-order chi connectivity index (χ1) is 5.77. The zero-order valence-electron chi connectivity index (χ0n) is 7.66. The molecule has 0 aromatic heterocycles. The molecule has 3 heteroatoms. The van der Waals surface area contributed by atoms with Crippen LogP contribution in [0.25, 0.3) is 0 Å². The molecule has 1 heterocycles. The molecule has 12 heavy (non-hydrogen) atoms. The molecule has 0 aromatic rings. The first-order valence-corrected chi connectivity index (χ1v) is 4.16. The Hall–Kier alpha value is -0.380. The second-order valence-corrected chi connectivity index (χ2v) is 2.97. The highest BCUT2D eigenvalue weighted by atomic mass is 16.6. The van der Waals surface area contributed by atoms with Crippen molar-refractivity contribution in [2.45, 2.75) is 25.2 Å². The third-order valence-electron chi connectivity index (χ3n) is 1.75. The van der Waals surface area contributed by atoms with E-state index in [1.165, 1.54) is 0 Å². The van der Waals surface area contributed by atoms with E-state index in [1.807, 2.05) is 6.92 Å². The van der Waals surface area contributed by atoms with E-state index < -0.39 is 0 Å². The van der Waals surface area contributed by atoms with E-state index in [9.17, 15) is 0 Å². The van der Waals surface area contributed by atoms with E-state index in [0.717, 1.165) is 6.61 Å². The number of methoxy groups -OCH3 is 1. The molecule has 0 bridgehead atoms. The van der Waals surface area contributed by atoms with Gasteiger partial charge >= 0.3 is 0 Å². The average Bonchev–Trinajstić information content (AvgIpc) is 2.83. The molecule has 0 aliphatic carbocycles. The summed E-state index contributed by atoms with van der Waals surface area (Å²) in [6.07, 6.45) is 2.13. The fourth-order valence-electron chi connectivity index (χ4n) is 1.08. The van der Waals surface area contributed by atoms with Crippen LogP contribution >= 0.6 is 0 Å². The Morgan fingerprint density at radius 1 is 1.75 bits per heavy atom. The highest BCUT2D eigenvalue weighted by Gasteiger charge is 2.32. The van der Waals surface area contributed by atoms with Gasteiger partial charge in [0.15, 0.2) is 0 Å². The van der Waals surface area contributed by atoms with Crippen LogP contribution in [0.5, 0.6) is 0 Å². The lowest BCUT2D eigenvalue weighted by Gasteiger charge is -2.17. The van der Waals surface area contributed by atoms with Crippen LogP contribution < -0.4 is 0 Å².